The summed E-state index contributed by atoms with van der Waals surface area (Å²) in [7, 11) is -3.45. The van der Waals surface area contributed by atoms with Gasteiger partial charge in [-0.3, -0.25) is 0 Å². The molecule has 0 aromatic heterocycles. The van der Waals surface area contributed by atoms with Crippen LogP contribution in [0.3, 0.4) is 0 Å². The molecule has 1 aliphatic carbocycles. The van der Waals surface area contributed by atoms with E-state index in [0.717, 1.165) is 24.8 Å². The highest BCUT2D eigenvalue weighted by atomic mass is 32.2. The van der Waals surface area contributed by atoms with Crippen LogP contribution in [-0.4, -0.2) is 24.9 Å². The summed E-state index contributed by atoms with van der Waals surface area (Å²) in [5.41, 5.74) is 0.931. The van der Waals surface area contributed by atoms with Crippen LogP contribution in [0.5, 0.6) is 0 Å². The first-order chi connectivity index (χ1) is 8.52. The molecule has 0 atom stereocenters. The van der Waals surface area contributed by atoms with Gasteiger partial charge in [0, 0.05) is 0 Å². The van der Waals surface area contributed by atoms with Crippen LogP contribution in [0.1, 0.15) is 37.7 Å². The molecule has 1 N–H and O–H groups in total. The third-order valence-electron chi connectivity index (χ3n) is 3.92. The van der Waals surface area contributed by atoms with Crippen molar-refractivity contribution in [3.63, 3.8) is 0 Å². The third kappa shape index (κ3) is 2.19. The molecule has 0 aliphatic heterocycles. The zero-order chi connectivity index (χ0) is 13.2. The van der Waals surface area contributed by atoms with Gasteiger partial charge in [-0.05, 0) is 37.5 Å². The quantitative estimate of drug-likeness (QED) is 0.916. The molecule has 1 fully saturated rings. The van der Waals surface area contributed by atoms with E-state index in [9.17, 15) is 13.5 Å². The predicted octanol–water partition coefficient (Wildman–Crippen LogP) is 2.46. The summed E-state index contributed by atoms with van der Waals surface area (Å²) in [6.45, 7) is 1.61. The Balaban J connectivity index is 2.46. The maximum Gasteiger partial charge on any atom is 0.186 e. The summed E-state index contributed by atoms with van der Waals surface area (Å²) >= 11 is 0. The van der Waals surface area contributed by atoms with Gasteiger partial charge in [-0.2, -0.15) is 0 Å². The topological polar surface area (TPSA) is 54.4 Å². The SMILES string of the molecule is Cc1cccc(S(=O)(=O)C2(CO)CCCCC2)c1. The molecule has 0 unspecified atom stereocenters. The van der Waals surface area contributed by atoms with Crippen molar-refractivity contribution in [2.75, 3.05) is 6.61 Å². The van der Waals surface area contributed by atoms with Gasteiger partial charge in [-0.15, -0.1) is 0 Å². The van der Waals surface area contributed by atoms with E-state index >= 15 is 0 Å². The summed E-state index contributed by atoms with van der Waals surface area (Å²) in [5.74, 6) is 0. The lowest BCUT2D eigenvalue weighted by atomic mass is 9.89. The second-order valence-corrected chi connectivity index (χ2v) is 7.57. The molecule has 0 bridgehead atoms. The average Bonchev–Trinajstić information content (AvgIpc) is 2.39. The Morgan fingerprint density at radius 3 is 2.44 bits per heavy atom. The van der Waals surface area contributed by atoms with E-state index < -0.39 is 14.6 Å². The van der Waals surface area contributed by atoms with Crippen molar-refractivity contribution in [2.45, 2.75) is 48.7 Å². The van der Waals surface area contributed by atoms with E-state index in [1.165, 1.54) is 0 Å². The minimum Gasteiger partial charge on any atom is -0.395 e. The summed E-state index contributed by atoms with van der Waals surface area (Å²) in [5, 5.41) is 9.63. The lowest BCUT2D eigenvalue weighted by Crippen LogP contribution is -2.44. The van der Waals surface area contributed by atoms with Crippen LogP contribution in [0.4, 0.5) is 0 Å². The van der Waals surface area contributed by atoms with Crippen molar-refractivity contribution in [3.05, 3.63) is 29.8 Å². The summed E-state index contributed by atoms with van der Waals surface area (Å²) < 4.78 is 24.5. The van der Waals surface area contributed by atoms with E-state index in [1.807, 2.05) is 13.0 Å². The molecule has 1 aromatic carbocycles. The smallest absolute Gasteiger partial charge is 0.186 e. The van der Waals surface area contributed by atoms with Gasteiger partial charge in [0.25, 0.3) is 0 Å². The lowest BCUT2D eigenvalue weighted by Gasteiger charge is -2.35. The molecule has 0 amide bonds. The number of hydrogen-bond acceptors (Lipinski definition) is 3. The highest BCUT2D eigenvalue weighted by Gasteiger charge is 2.44. The Hall–Kier alpha value is -0.870. The van der Waals surface area contributed by atoms with Gasteiger partial charge in [0.05, 0.1) is 16.2 Å². The molecule has 0 spiro atoms. The molecule has 1 saturated carbocycles. The number of aliphatic hydroxyl groups excluding tert-OH is 1. The van der Waals surface area contributed by atoms with Crippen LogP contribution in [0, 0.1) is 6.92 Å². The maximum atomic E-state index is 12.7. The molecule has 3 nitrogen and oxygen atoms in total. The second kappa shape index (κ2) is 5.02. The fourth-order valence-corrected chi connectivity index (χ4v) is 4.84. The average molecular weight is 268 g/mol. The first-order valence-corrected chi connectivity index (χ1v) is 7.92. The van der Waals surface area contributed by atoms with Crippen molar-refractivity contribution in [2.24, 2.45) is 0 Å². The Morgan fingerprint density at radius 2 is 1.89 bits per heavy atom. The minimum absolute atomic E-state index is 0.275. The van der Waals surface area contributed by atoms with Gasteiger partial charge in [-0.1, -0.05) is 31.4 Å². The Bertz CT molecular complexity index is 514. The number of sulfone groups is 1. The Morgan fingerprint density at radius 1 is 1.22 bits per heavy atom. The summed E-state index contributed by atoms with van der Waals surface area (Å²) in [6, 6.07) is 6.97. The number of hydrogen-bond donors (Lipinski definition) is 1. The number of benzene rings is 1. The van der Waals surface area contributed by atoms with Gasteiger partial charge in [0.2, 0.25) is 0 Å². The molecule has 1 aromatic rings. The van der Waals surface area contributed by atoms with Crippen molar-refractivity contribution < 1.29 is 13.5 Å². The van der Waals surface area contributed by atoms with Crippen molar-refractivity contribution in [1.82, 2.24) is 0 Å². The van der Waals surface area contributed by atoms with Crippen LogP contribution < -0.4 is 0 Å². The molecule has 18 heavy (non-hydrogen) atoms. The van der Waals surface area contributed by atoms with Crippen molar-refractivity contribution in [1.29, 1.82) is 0 Å². The summed E-state index contributed by atoms with van der Waals surface area (Å²) in [4.78, 5) is 0.346. The number of aliphatic hydroxyl groups is 1. The van der Waals surface area contributed by atoms with E-state index in [0.29, 0.717) is 17.7 Å². The van der Waals surface area contributed by atoms with Gasteiger partial charge in [-0.25, -0.2) is 8.42 Å². The predicted molar refractivity (Wildman–Crippen MR) is 71.3 cm³/mol. The first kappa shape index (κ1) is 13.6. The van der Waals surface area contributed by atoms with Crippen molar-refractivity contribution in [3.8, 4) is 0 Å². The molecule has 1 aliphatic rings. The monoisotopic (exact) mass is 268 g/mol. The Labute approximate surface area is 109 Å². The van der Waals surface area contributed by atoms with E-state index in [2.05, 4.69) is 0 Å². The normalized spacial score (nSPS) is 19.7. The number of rotatable bonds is 3. The molecular formula is C14H20O3S. The van der Waals surface area contributed by atoms with E-state index in [4.69, 9.17) is 0 Å². The molecule has 100 valence electrons. The van der Waals surface area contributed by atoms with Gasteiger partial charge in [0.15, 0.2) is 9.84 Å². The molecule has 0 saturated heterocycles. The van der Waals surface area contributed by atoms with E-state index in [-0.39, 0.29) is 6.61 Å². The van der Waals surface area contributed by atoms with Gasteiger partial charge >= 0.3 is 0 Å². The maximum absolute atomic E-state index is 12.7. The van der Waals surface area contributed by atoms with E-state index in [1.54, 1.807) is 18.2 Å². The summed E-state index contributed by atoms with van der Waals surface area (Å²) in [6.07, 6.45) is 3.96. The fraction of sp³-hybridized carbons (Fsp3) is 0.571. The third-order valence-corrected chi connectivity index (χ3v) is 6.47. The lowest BCUT2D eigenvalue weighted by molar-refractivity contribution is 0.206. The van der Waals surface area contributed by atoms with Crippen LogP contribution in [0.25, 0.3) is 0 Å². The fourth-order valence-electron chi connectivity index (χ4n) is 2.74. The molecular weight excluding hydrogens is 248 g/mol. The standard InChI is InChI=1S/C14H20O3S/c1-12-6-5-7-13(10-12)18(16,17)14(11-15)8-3-2-4-9-14/h5-7,10,15H,2-4,8-9,11H2,1H3. The van der Waals surface area contributed by atoms with Crippen molar-refractivity contribution >= 4 is 9.84 Å². The second-order valence-electron chi connectivity index (χ2n) is 5.22. The molecule has 0 radical (unpaired) electrons. The molecule has 2 rings (SSSR count). The Kier molecular flexibility index (Phi) is 3.78. The minimum atomic E-state index is -3.45. The molecule has 0 heterocycles. The van der Waals surface area contributed by atoms with Crippen LogP contribution >= 0.6 is 0 Å². The highest BCUT2D eigenvalue weighted by molar-refractivity contribution is 7.92. The zero-order valence-electron chi connectivity index (χ0n) is 10.7. The highest BCUT2D eigenvalue weighted by Crippen LogP contribution is 2.38. The van der Waals surface area contributed by atoms with Gasteiger partial charge < -0.3 is 5.11 Å². The van der Waals surface area contributed by atoms with Gasteiger partial charge in [0.1, 0.15) is 0 Å². The largest absolute Gasteiger partial charge is 0.395 e. The van der Waals surface area contributed by atoms with Crippen LogP contribution in [0.2, 0.25) is 0 Å². The number of aryl methyl sites for hydroxylation is 1. The molecule has 4 heteroatoms. The zero-order valence-corrected chi connectivity index (χ0v) is 11.5. The van der Waals surface area contributed by atoms with Crippen LogP contribution in [0.15, 0.2) is 29.2 Å². The van der Waals surface area contributed by atoms with Crippen LogP contribution in [-0.2, 0) is 9.84 Å². The first-order valence-electron chi connectivity index (χ1n) is 6.44.